The Kier molecular flexibility index (Phi) is 4.55. The molecule has 0 fully saturated rings. The van der Waals surface area contributed by atoms with Gasteiger partial charge in [-0.3, -0.25) is 19.1 Å². The van der Waals surface area contributed by atoms with E-state index in [1.807, 2.05) is 4.98 Å². The molecule has 0 atom stereocenters. The van der Waals surface area contributed by atoms with E-state index in [1.165, 1.54) is 7.05 Å². The molecule has 0 aliphatic heterocycles. The van der Waals surface area contributed by atoms with E-state index in [-0.39, 0.29) is 11.0 Å². The molecule has 2 aromatic rings. The Labute approximate surface area is 135 Å². The zero-order valence-corrected chi connectivity index (χ0v) is 13.2. The van der Waals surface area contributed by atoms with Crippen LogP contribution >= 0.6 is 11.8 Å². The van der Waals surface area contributed by atoms with Crippen molar-refractivity contribution >= 4 is 23.4 Å². The van der Waals surface area contributed by atoms with Crippen molar-refractivity contribution in [2.75, 3.05) is 11.5 Å². The second kappa shape index (κ2) is 6.14. The van der Waals surface area contributed by atoms with Crippen molar-refractivity contribution in [3.8, 4) is 0 Å². The van der Waals surface area contributed by atoms with Crippen LogP contribution in [0.1, 0.15) is 16.2 Å². The molecule has 0 unspecified atom stereocenters. The largest absolute Gasteiger partial charge is 0.451 e. The minimum Gasteiger partial charge on any atom is -0.384 e. The summed E-state index contributed by atoms with van der Waals surface area (Å²) < 4.78 is 39.4. The summed E-state index contributed by atoms with van der Waals surface area (Å²) in [4.78, 5) is 37.1. The number of alkyl halides is 3. The number of halogens is 3. The van der Waals surface area contributed by atoms with Crippen molar-refractivity contribution in [1.29, 1.82) is 0 Å². The van der Waals surface area contributed by atoms with Crippen LogP contribution in [-0.4, -0.2) is 35.9 Å². The first-order chi connectivity index (χ1) is 11.0. The number of nitrogens with two attached hydrogens (primary N) is 1. The predicted octanol–water partition coefficient (Wildman–Crippen LogP) is -0.222. The third kappa shape index (κ3) is 3.20. The molecule has 0 saturated heterocycles. The number of nitrogens with one attached hydrogen (secondary N) is 1. The van der Waals surface area contributed by atoms with Crippen molar-refractivity contribution in [2.24, 2.45) is 14.1 Å². The van der Waals surface area contributed by atoms with E-state index in [1.54, 1.807) is 0 Å². The van der Waals surface area contributed by atoms with E-state index in [4.69, 9.17) is 5.73 Å². The van der Waals surface area contributed by atoms with E-state index in [0.717, 1.165) is 11.6 Å². The number of anilines is 1. The molecule has 0 spiro atoms. The van der Waals surface area contributed by atoms with Gasteiger partial charge in [0.2, 0.25) is 5.82 Å². The number of aromatic nitrogens is 5. The van der Waals surface area contributed by atoms with Gasteiger partial charge in [0, 0.05) is 14.1 Å². The van der Waals surface area contributed by atoms with E-state index >= 15 is 0 Å². The van der Waals surface area contributed by atoms with E-state index < -0.39 is 40.3 Å². The molecule has 2 heterocycles. The lowest BCUT2D eigenvalue weighted by molar-refractivity contribution is -0.147. The normalized spacial score (nSPS) is 11.7. The van der Waals surface area contributed by atoms with Crippen LogP contribution in [0.25, 0.3) is 0 Å². The molecule has 0 aliphatic rings. The van der Waals surface area contributed by atoms with Gasteiger partial charge in [-0.1, -0.05) is 11.8 Å². The number of hydrogen-bond donors (Lipinski definition) is 2. The number of carbonyl (C=O) groups excluding carboxylic acids is 1. The van der Waals surface area contributed by atoms with Crippen molar-refractivity contribution in [3.05, 3.63) is 32.2 Å². The average Bonchev–Trinajstić information content (AvgIpc) is 2.83. The van der Waals surface area contributed by atoms with Crippen LogP contribution in [-0.2, 0) is 20.3 Å². The number of nitrogen functional groups attached to an aromatic ring is 1. The molecule has 0 aromatic carbocycles. The number of rotatable bonds is 4. The Hall–Kier alpha value is -2.57. The molecule has 2 rings (SSSR count). The maximum atomic E-state index is 12.6. The van der Waals surface area contributed by atoms with E-state index in [0.29, 0.717) is 16.3 Å². The van der Waals surface area contributed by atoms with Gasteiger partial charge in [0.1, 0.15) is 11.4 Å². The summed E-state index contributed by atoms with van der Waals surface area (Å²) in [7, 11) is 2.36. The van der Waals surface area contributed by atoms with Crippen LogP contribution in [0, 0.1) is 0 Å². The predicted molar refractivity (Wildman–Crippen MR) is 77.8 cm³/mol. The van der Waals surface area contributed by atoms with Crippen LogP contribution < -0.4 is 17.0 Å². The fourth-order valence-corrected chi connectivity index (χ4v) is 2.58. The summed E-state index contributed by atoms with van der Waals surface area (Å²) in [5.74, 6) is -2.71. The molecular formula is C11H11F3N6O3S. The summed E-state index contributed by atoms with van der Waals surface area (Å²) in [5, 5.41) is 6.21. The van der Waals surface area contributed by atoms with Gasteiger partial charge in [0.25, 0.3) is 5.56 Å². The van der Waals surface area contributed by atoms with Crippen molar-refractivity contribution in [1.82, 2.24) is 24.3 Å². The van der Waals surface area contributed by atoms with Gasteiger partial charge in [-0.15, -0.1) is 10.2 Å². The summed E-state index contributed by atoms with van der Waals surface area (Å²) in [5.41, 5.74) is 3.38. The lowest BCUT2D eigenvalue weighted by Crippen LogP contribution is -2.35. The molecule has 0 radical (unpaired) electrons. The molecule has 3 N–H and O–H groups in total. The van der Waals surface area contributed by atoms with Gasteiger partial charge in [-0.2, -0.15) is 13.2 Å². The number of carbonyl (C=O) groups is 1. The van der Waals surface area contributed by atoms with Gasteiger partial charge in [-0.25, -0.2) is 4.79 Å². The minimum atomic E-state index is -4.68. The first kappa shape index (κ1) is 17.8. The molecule has 0 amide bonds. The average molecular weight is 364 g/mol. The summed E-state index contributed by atoms with van der Waals surface area (Å²) >= 11 is 0.658. The molecule has 24 heavy (non-hydrogen) atoms. The van der Waals surface area contributed by atoms with Gasteiger partial charge < -0.3 is 10.3 Å². The second-order valence-corrected chi connectivity index (χ2v) is 5.60. The lowest BCUT2D eigenvalue weighted by Gasteiger charge is -2.08. The second-order valence-electron chi connectivity index (χ2n) is 4.65. The van der Waals surface area contributed by atoms with Crippen LogP contribution in [0.2, 0.25) is 0 Å². The Morgan fingerprint density at radius 3 is 2.42 bits per heavy atom. The smallest absolute Gasteiger partial charge is 0.384 e. The molecule has 0 saturated carbocycles. The van der Waals surface area contributed by atoms with Gasteiger partial charge in [0.05, 0.1) is 5.75 Å². The number of aromatic amines is 1. The number of hydrogen-bond acceptors (Lipinski definition) is 7. The van der Waals surface area contributed by atoms with Gasteiger partial charge in [0.15, 0.2) is 10.9 Å². The number of ketones is 1. The summed E-state index contributed by atoms with van der Waals surface area (Å²) in [6, 6.07) is 0. The lowest BCUT2D eigenvalue weighted by atomic mass is 10.2. The third-order valence-electron chi connectivity index (χ3n) is 3.07. The molecule has 0 aliphatic carbocycles. The molecule has 130 valence electrons. The van der Waals surface area contributed by atoms with Crippen LogP contribution in [0.5, 0.6) is 0 Å². The van der Waals surface area contributed by atoms with Crippen LogP contribution in [0.15, 0.2) is 14.7 Å². The zero-order valence-electron chi connectivity index (χ0n) is 12.3. The van der Waals surface area contributed by atoms with E-state index in [9.17, 15) is 27.6 Å². The highest BCUT2D eigenvalue weighted by Crippen LogP contribution is 2.29. The van der Waals surface area contributed by atoms with Crippen molar-refractivity contribution in [2.45, 2.75) is 11.3 Å². The van der Waals surface area contributed by atoms with Gasteiger partial charge in [-0.05, 0) is 0 Å². The van der Waals surface area contributed by atoms with Crippen LogP contribution in [0.3, 0.4) is 0 Å². The number of H-pyrrole nitrogens is 1. The first-order valence-corrected chi connectivity index (χ1v) is 7.24. The molecule has 0 bridgehead atoms. The number of thioether (sulfide) groups is 1. The van der Waals surface area contributed by atoms with E-state index in [2.05, 4.69) is 10.2 Å². The van der Waals surface area contributed by atoms with Crippen molar-refractivity contribution < 1.29 is 18.0 Å². The molecule has 13 heteroatoms. The molecule has 2 aromatic heterocycles. The van der Waals surface area contributed by atoms with Crippen LogP contribution in [0.4, 0.5) is 19.0 Å². The number of nitrogens with zero attached hydrogens (tertiary/aromatic N) is 4. The standard InChI is InChI=1S/C11H11F3N6O3S/c1-19-6(15)5(7(22)16-9(19)23)4(21)3-24-10-18-17-8(20(10)2)11(12,13)14/h3,15H2,1-2H3,(H,16,22,23). The maximum Gasteiger partial charge on any atom is 0.451 e. The topological polar surface area (TPSA) is 129 Å². The zero-order chi connectivity index (χ0) is 18.2. The monoisotopic (exact) mass is 364 g/mol. The first-order valence-electron chi connectivity index (χ1n) is 6.25. The Morgan fingerprint density at radius 2 is 1.88 bits per heavy atom. The highest BCUT2D eigenvalue weighted by atomic mass is 32.2. The molecule has 9 nitrogen and oxygen atoms in total. The summed E-state index contributed by atoms with van der Waals surface area (Å²) in [6.07, 6.45) is -4.68. The van der Waals surface area contributed by atoms with Crippen molar-refractivity contribution in [3.63, 3.8) is 0 Å². The fourth-order valence-electron chi connectivity index (χ4n) is 1.80. The Balaban J connectivity index is 2.25. The number of Topliss-reactive ketones (excluding diaryl/α,β-unsaturated/α-hetero) is 1. The third-order valence-corrected chi connectivity index (χ3v) is 4.09. The quantitative estimate of drug-likeness (QED) is 0.567. The highest BCUT2D eigenvalue weighted by Gasteiger charge is 2.37. The summed E-state index contributed by atoms with van der Waals surface area (Å²) in [6.45, 7) is 0. The fraction of sp³-hybridized carbons (Fsp3) is 0.364. The highest BCUT2D eigenvalue weighted by molar-refractivity contribution is 7.99. The Bertz CT molecular complexity index is 913. The van der Waals surface area contributed by atoms with Gasteiger partial charge >= 0.3 is 11.9 Å². The molecular weight excluding hydrogens is 353 g/mol. The minimum absolute atomic E-state index is 0.157. The SMILES string of the molecule is Cn1c(SCC(=O)c2c(N)n(C)c(=O)[nH]c2=O)nnc1C(F)(F)F. The Morgan fingerprint density at radius 1 is 1.25 bits per heavy atom. The maximum absolute atomic E-state index is 12.6.